The van der Waals surface area contributed by atoms with Crippen LogP contribution in [0.1, 0.15) is 6.92 Å². The highest BCUT2D eigenvalue weighted by atomic mass is 79.9. The Morgan fingerprint density at radius 3 is 1.38 bits per heavy atom. The van der Waals surface area contributed by atoms with Crippen molar-refractivity contribution < 1.29 is 9.28 Å². The highest BCUT2D eigenvalue weighted by Gasteiger charge is 2.11. The summed E-state index contributed by atoms with van der Waals surface area (Å²) in [6.07, 6.45) is 0. The summed E-state index contributed by atoms with van der Waals surface area (Å²) in [5.74, 6) is 0.181. The van der Waals surface area contributed by atoms with Crippen molar-refractivity contribution in [3.05, 3.63) is 0 Å². The molecule has 0 aromatic heterocycles. The van der Waals surface area contributed by atoms with Crippen LogP contribution in [0.2, 0.25) is 0 Å². The third-order valence-electron chi connectivity index (χ3n) is 0.945. The van der Waals surface area contributed by atoms with E-state index in [2.05, 4.69) is 0 Å². The fraction of sp³-hybridized carbons (Fsp3) is 0.800. The molecule has 2 nitrogen and oxygen atoms in total. The molecule has 0 N–H and O–H groups in total. The maximum Gasteiger partial charge on any atom is 0.309 e. The second-order valence-corrected chi connectivity index (χ2v) is 2.53. The number of carbonyl (C=O) groups is 1. The van der Waals surface area contributed by atoms with Gasteiger partial charge >= 0.3 is 5.91 Å². The third kappa shape index (κ3) is 4.27. The van der Waals surface area contributed by atoms with Crippen molar-refractivity contribution >= 4 is 22.9 Å². The van der Waals surface area contributed by atoms with Gasteiger partial charge in [0.25, 0.3) is 0 Å². The second kappa shape index (κ2) is 3.20. The number of hydrogen-bond acceptors (Lipinski definition) is 1. The summed E-state index contributed by atoms with van der Waals surface area (Å²) < 4.78 is 0.417. The predicted octanol–water partition coefficient (Wildman–Crippen LogP) is 0.817. The Kier molecular flexibility index (Phi) is 4.39. The van der Waals surface area contributed by atoms with Crippen molar-refractivity contribution in [2.45, 2.75) is 6.92 Å². The fourth-order valence-corrected chi connectivity index (χ4v) is 0. The molecule has 8 heavy (non-hydrogen) atoms. The van der Waals surface area contributed by atoms with Gasteiger partial charge in [-0.1, -0.05) is 0 Å². The molecule has 3 heteroatoms. The standard InChI is InChI=1S/C5H12NO.BrH/c1-5(7)6(2,3)4;/h1-4H3;1H/q+1;. The minimum Gasteiger partial charge on any atom is -0.268 e. The molecule has 0 saturated carbocycles. The minimum atomic E-state index is 0. The van der Waals surface area contributed by atoms with E-state index < -0.39 is 0 Å². The van der Waals surface area contributed by atoms with Crippen LogP contribution in [-0.4, -0.2) is 31.5 Å². The summed E-state index contributed by atoms with van der Waals surface area (Å²) in [6, 6.07) is 0. The van der Waals surface area contributed by atoms with E-state index in [9.17, 15) is 4.79 Å². The maximum atomic E-state index is 10.4. The molecule has 0 aliphatic carbocycles. The molecule has 0 unspecified atom stereocenters. The Balaban J connectivity index is 0. The first-order valence-electron chi connectivity index (χ1n) is 2.27. The first-order chi connectivity index (χ1) is 2.94. The Morgan fingerprint density at radius 1 is 1.25 bits per heavy atom. The van der Waals surface area contributed by atoms with E-state index in [0.29, 0.717) is 4.48 Å². The van der Waals surface area contributed by atoms with Gasteiger partial charge in [0.15, 0.2) is 0 Å². The Hall–Kier alpha value is 0.110. The third-order valence-corrected chi connectivity index (χ3v) is 0.945. The second-order valence-electron chi connectivity index (χ2n) is 2.53. The number of nitrogens with zero attached hydrogens (tertiary/aromatic N) is 1. The molecule has 0 saturated heterocycles. The summed E-state index contributed by atoms with van der Waals surface area (Å²) in [7, 11) is 5.55. The van der Waals surface area contributed by atoms with Crippen molar-refractivity contribution in [1.82, 2.24) is 0 Å². The molecule has 50 valence electrons. The summed E-state index contributed by atoms with van der Waals surface area (Å²) in [4.78, 5) is 10.4. The lowest BCUT2D eigenvalue weighted by Crippen LogP contribution is -2.38. The van der Waals surface area contributed by atoms with Gasteiger partial charge in [-0.3, -0.25) is 4.48 Å². The van der Waals surface area contributed by atoms with Crippen molar-refractivity contribution in [2.24, 2.45) is 0 Å². The molecule has 0 aliphatic rings. The lowest BCUT2D eigenvalue weighted by Gasteiger charge is -2.17. The van der Waals surface area contributed by atoms with E-state index in [0.717, 1.165) is 0 Å². The average Bonchev–Trinajstić information content (AvgIpc) is 1.31. The number of carbonyl (C=O) groups excluding carboxylic acids is 1. The monoisotopic (exact) mass is 182 g/mol. The maximum absolute atomic E-state index is 10.4. The topological polar surface area (TPSA) is 17.1 Å². The summed E-state index contributed by atoms with van der Waals surface area (Å²) in [5.41, 5.74) is 0. The molecule has 0 aromatic rings. The first kappa shape index (κ1) is 11.0. The number of hydrogen-bond donors (Lipinski definition) is 0. The highest BCUT2D eigenvalue weighted by molar-refractivity contribution is 8.93. The van der Waals surface area contributed by atoms with E-state index in [1.54, 1.807) is 6.92 Å². The molecule has 0 radical (unpaired) electrons. The first-order valence-corrected chi connectivity index (χ1v) is 2.27. The van der Waals surface area contributed by atoms with Crippen LogP contribution < -0.4 is 0 Å². The van der Waals surface area contributed by atoms with Gasteiger partial charge in [0.1, 0.15) is 0 Å². The number of rotatable bonds is 0. The molecule has 0 fully saturated rings. The molecule has 0 aliphatic heterocycles. The van der Waals surface area contributed by atoms with Crippen molar-refractivity contribution in [3.8, 4) is 0 Å². The number of halogens is 1. The molecule has 0 spiro atoms. The molecule has 0 rings (SSSR count). The summed E-state index contributed by atoms with van der Waals surface area (Å²) in [5, 5.41) is 0. The van der Waals surface area contributed by atoms with Gasteiger partial charge < -0.3 is 0 Å². The lowest BCUT2D eigenvalue weighted by atomic mass is 10.5. The molecule has 0 heterocycles. The molecule has 0 atom stereocenters. The Labute approximate surface area is 60.8 Å². The molecule has 0 aromatic carbocycles. The van der Waals surface area contributed by atoms with Crippen molar-refractivity contribution in [2.75, 3.05) is 21.1 Å². The van der Waals surface area contributed by atoms with E-state index in [1.165, 1.54) is 0 Å². The average molecular weight is 183 g/mol. The SMILES string of the molecule is Br.CC(=O)[N+](C)(C)C. The highest BCUT2D eigenvalue weighted by Crippen LogP contribution is 1.87. The lowest BCUT2D eigenvalue weighted by molar-refractivity contribution is -0.791. The minimum absolute atomic E-state index is 0. The van der Waals surface area contributed by atoms with Gasteiger partial charge in [0.2, 0.25) is 0 Å². The van der Waals surface area contributed by atoms with Crippen molar-refractivity contribution in [1.29, 1.82) is 0 Å². The largest absolute Gasteiger partial charge is 0.309 e. The molecular formula is C5H13BrNO+. The van der Waals surface area contributed by atoms with Crippen LogP contribution in [0.15, 0.2) is 0 Å². The van der Waals surface area contributed by atoms with Gasteiger partial charge in [-0.2, -0.15) is 0 Å². The smallest absolute Gasteiger partial charge is 0.268 e. The van der Waals surface area contributed by atoms with Gasteiger partial charge in [-0.05, 0) is 0 Å². The zero-order chi connectivity index (χ0) is 6.08. The zero-order valence-corrected chi connectivity index (χ0v) is 7.48. The quantitative estimate of drug-likeness (QED) is 0.508. The number of quaternary nitrogens is 1. The van der Waals surface area contributed by atoms with Gasteiger partial charge in [-0.25, -0.2) is 4.79 Å². The van der Waals surface area contributed by atoms with Crippen molar-refractivity contribution in [3.63, 3.8) is 0 Å². The molecule has 1 amide bonds. The van der Waals surface area contributed by atoms with Crippen LogP contribution >= 0.6 is 17.0 Å². The van der Waals surface area contributed by atoms with Crippen LogP contribution in [0.25, 0.3) is 0 Å². The van der Waals surface area contributed by atoms with Crippen LogP contribution in [-0.2, 0) is 4.79 Å². The summed E-state index contributed by atoms with van der Waals surface area (Å²) in [6.45, 7) is 1.58. The van der Waals surface area contributed by atoms with Gasteiger partial charge in [0, 0.05) is 0 Å². The zero-order valence-electron chi connectivity index (χ0n) is 5.76. The van der Waals surface area contributed by atoms with Crippen LogP contribution in [0.5, 0.6) is 0 Å². The van der Waals surface area contributed by atoms with Gasteiger partial charge in [-0.15, -0.1) is 17.0 Å². The number of amides is 1. The Morgan fingerprint density at radius 2 is 1.38 bits per heavy atom. The van der Waals surface area contributed by atoms with Gasteiger partial charge in [0.05, 0.1) is 28.1 Å². The predicted molar refractivity (Wildman–Crippen MR) is 39.0 cm³/mol. The van der Waals surface area contributed by atoms with E-state index in [4.69, 9.17) is 0 Å². The normalized spacial score (nSPS) is 10.0. The van der Waals surface area contributed by atoms with E-state index >= 15 is 0 Å². The molecular weight excluding hydrogens is 170 g/mol. The van der Waals surface area contributed by atoms with Crippen LogP contribution in [0.4, 0.5) is 0 Å². The summed E-state index contributed by atoms with van der Waals surface area (Å²) >= 11 is 0. The Bertz CT molecular complexity index is 84.9. The molecule has 0 bridgehead atoms. The van der Waals surface area contributed by atoms with E-state index in [-0.39, 0.29) is 22.9 Å². The van der Waals surface area contributed by atoms with Crippen LogP contribution in [0.3, 0.4) is 0 Å². The van der Waals surface area contributed by atoms with Crippen LogP contribution in [0, 0.1) is 0 Å². The fourth-order valence-electron chi connectivity index (χ4n) is 0. The van der Waals surface area contributed by atoms with E-state index in [1.807, 2.05) is 21.1 Å².